The number of rotatable bonds is 1. The lowest BCUT2D eigenvalue weighted by atomic mass is 10.1. The molecule has 1 rings (SSSR count). The van der Waals surface area contributed by atoms with Gasteiger partial charge in [0.05, 0.1) is 17.7 Å². The number of hydrogen-bond acceptors (Lipinski definition) is 2. The maximum atomic E-state index is 11.3. The molecule has 0 atom stereocenters. The number of ether oxygens (including phenoxy) is 1. The van der Waals surface area contributed by atoms with Crippen LogP contribution in [0.25, 0.3) is 0 Å². The molecule has 4 heteroatoms. The highest BCUT2D eigenvalue weighted by molar-refractivity contribution is 14.1. The summed E-state index contributed by atoms with van der Waals surface area (Å²) < 4.78 is 5.43. The van der Waals surface area contributed by atoms with Crippen molar-refractivity contribution in [3.8, 4) is 0 Å². The Balaban J connectivity index is 3.33. The number of carbonyl (C=O) groups excluding carboxylic acids is 1. The normalized spacial score (nSPS) is 9.85. The zero-order chi connectivity index (χ0) is 10.0. The molecule has 13 heavy (non-hydrogen) atoms. The van der Waals surface area contributed by atoms with E-state index in [9.17, 15) is 4.79 Å². The number of halogens is 2. The van der Waals surface area contributed by atoms with Crippen LogP contribution < -0.4 is 0 Å². The summed E-state index contributed by atoms with van der Waals surface area (Å²) in [4.78, 5) is 11.3. The molecule has 0 fully saturated rings. The fourth-order valence-electron chi connectivity index (χ4n) is 0.946. The molecule has 0 radical (unpaired) electrons. The first kappa shape index (κ1) is 10.8. The Morgan fingerprint density at radius 2 is 2.15 bits per heavy atom. The highest BCUT2D eigenvalue weighted by atomic mass is 127. The van der Waals surface area contributed by atoms with E-state index in [1.807, 2.05) is 19.1 Å². The lowest BCUT2D eigenvalue weighted by Gasteiger charge is -2.06. The summed E-state index contributed by atoms with van der Waals surface area (Å²) in [5, 5.41) is 0.471. The molecule has 0 heterocycles. The fourth-order valence-corrected chi connectivity index (χ4v) is 2.02. The smallest absolute Gasteiger partial charge is 0.340 e. The summed E-state index contributed by atoms with van der Waals surface area (Å²) in [7, 11) is 1.34. The molecule has 0 spiro atoms. The molecule has 0 saturated heterocycles. The van der Waals surface area contributed by atoms with Crippen molar-refractivity contribution in [3.63, 3.8) is 0 Å². The third kappa shape index (κ3) is 2.14. The molecule has 1 aromatic rings. The SMILES string of the molecule is COC(=O)c1c(I)ccc(C)c1Cl. The maximum Gasteiger partial charge on any atom is 0.340 e. The van der Waals surface area contributed by atoms with Gasteiger partial charge in [0.1, 0.15) is 0 Å². The number of benzene rings is 1. The Kier molecular flexibility index (Phi) is 3.55. The zero-order valence-electron chi connectivity index (χ0n) is 7.23. The predicted molar refractivity (Wildman–Crippen MR) is 60.2 cm³/mol. The molecule has 0 aliphatic rings. The second kappa shape index (κ2) is 4.28. The van der Waals surface area contributed by atoms with Gasteiger partial charge in [0.15, 0.2) is 0 Å². The number of hydrogen-bond donors (Lipinski definition) is 0. The topological polar surface area (TPSA) is 26.3 Å². The van der Waals surface area contributed by atoms with Gasteiger partial charge in [0.2, 0.25) is 0 Å². The van der Waals surface area contributed by atoms with Crippen LogP contribution in [0.5, 0.6) is 0 Å². The molecule has 0 unspecified atom stereocenters. The average molecular weight is 311 g/mol. The average Bonchev–Trinajstić information content (AvgIpc) is 2.12. The number of carbonyl (C=O) groups is 1. The molecule has 0 bridgehead atoms. The fraction of sp³-hybridized carbons (Fsp3) is 0.222. The van der Waals surface area contributed by atoms with E-state index in [-0.39, 0.29) is 0 Å². The van der Waals surface area contributed by atoms with Crippen molar-refractivity contribution >= 4 is 40.2 Å². The van der Waals surface area contributed by atoms with Crippen LogP contribution in [0.2, 0.25) is 5.02 Å². The molecular formula is C9H8ClIO2. The zero-order valence-corrected chi connectivity index (χ0v) is 10.1. The quantitative estimate of drug-likeness (QED) is 0.589. The van der Waals surface area contributed by atoms with Crippen molar-refractivity contribution in [1.29, 1.82) is 0 Å². The van der Waals surface area contributed by atoms with E-state index in [2.05, 4.69) is 27.3 Å². The molecule has 70 valence electrons. The largest absolute Gasteiger partial charge is 0.465 e. The summed E-state index contributed by atoms with van der Waals surface area (Å²) in [6.07, 6.45) is 0. The monoisotopic (exact) mass is 310 g/mol. The van der Waals surface area contributed by atoms with Gasteiger partial charge in [-0.1, -0.05) is 17.7 Å². The molecule has 0 aromatic heterocycles. The van der Waals surface area contributed by atoms with Crippen LogP contribution >= 0.6 is 34.2 Å². The van der Waals surface area contributed by atoms with Crippen LogP contribution in [-0.2, 0) is 4.74 Å². The lowest BCUT2D eigenvalue weighted by Crippen LogP contribution is -2.05. The number of methoxy groups -OCH3 is 1. The van der Waals surface area contributed by atoms with Crippen molar-refractivity contribution in [2.75, 3.05) is 7.11 Å². The van der Waals surface area contributed by atoms with Crippen LogP contribution in [0.15, 0.2) is 12.1 Å². The van der Waals surface area contributed by atoms with Gasteiger partial charge in [-0.2, -0.15) is 0 Å². The molecule has 1 aromatic carbocycles. The van der Waals surface area contributed by atoms with Gasteiger partial charge >= 0.3 is 5.97 Å². The first-order valence-corrected chi connectivity index (χ1v) is 5.06. The van der Waals surface area contributed by atoms with E-state index in [0.29, 0.717) is 10.6 Å². The molecule has 0 aliphatic carbocycles. The van der Waals surface area contributed by atoms with E-state index in [1.54, 1.807) is 0 Å². The van der Waals surface area contributed by atoms with Gasteiger partial charge < -0.3 is 4.74 Å². The van der Waals surface area contributed by atoms with E-state index in [0.717, 1.165) is 9.13 Å². The summed E-state index contributed by atoms with van der Waals surface area (Å²) in [5.41, 5.74) is 1.33. The summed E-state index contributed by atoms with van der Waals surface area (Å²) in [5.74, 6) is -0.391. The minimum absolute atomic E-state index is 0.391. The molecule has 0 aliphatic heterocycles. The van der Waals surface area contributed by atoms with Gasteiger partial charge in [0.25, 0.3) is 0 Å². The van der Waals surface area contributed by atoms with Gasteiger partial charge in [-0.05, 0) is 41.1 Å². The molecule has 0 saturated carbocycles. The summed E-state index contributed by atoms with van der Waals surface area (Å²) >= 11 is 8.02. The van der Waals surface area contributed by atoms with Crippen LogP contribution in [0.1, 0.15) is 15.9 Å². The highest BCUT2D eigenvalue weighted by Crippen LogP contribution is 2.25. The van der Waals surface area contributed by atoms with Crippen molar-refractivity contribution in [2.24, 2.45) is 0 Å². The first-order chi connectivity index (χ1) is 6.07. The number of esters is 1. The van der Waals surface area contributed by atoms with Crippen molar-refractivity contribution in [2.45, 2.75) is 6.92 Å². The Hall–Kier alpha value is -0.290. The van der Waals surface area contributed by atoms with Crippen LogP contribution in [-0.4, -0.2) is 13.1 Å². The van der Waals surface area contributed by atoms with Crippen molar-refractivity contribution in [1.82, 2.24) is 0 Å². The van der Waals surface area contributed by atoms with Crippen LogP contribution in [0.3, 0.4) is 0 Å². The lowest BCUT2D eigenvalue weighted by molar-refractivity contribution is 0.0599. The number of aryl methyl sites for hydroxylation is 1. The molecule has 0 amide bonds. The maximum absolute atomic E-state index is 11.3. The van der Waals surface area contributed by atoms with Gasteiger partial charge in [0, 0.05) is 3.57 Å². The van der Waals surface area contributed by atoms with Crippen molar-refractivity contribution in [3.05, 3.63) is 31.9 Å². The van der Waals surface area contributed by atoms with Gasteiger partial charge in [-0.15, -0.1) is 0 Å². The van der Waals surface area contributed by atoms with Crippen LogP contribution in [0, 0.1) is 10.5 Å². The van der Waals surface area contributed by atoms with Crippen LogP contribution in [0.4, 0.5) is 0 Å². The first-order valence-electron chi connectivity index (χ1n) is 3.61. The molecular weight excluding hydrogens is 302 g/mol. The Morgan fingerprint density at radius 3 is 2.69 bits per heavy atom. The van der Waals surface area contributed by atoms with Gasteiger partial charge in [-0.3, -0.25) is 0 Å². The second-order valence-corrected chi connectivity index (χ2v) is 4.09. The third-order valence-corrected chi connectivity index (χ3v) is 3.06. The highest BCUT2D eigenvalue weighted by Gasteiger charge is 2.15. The Labute approximate surface area is 95.4 Å². The Morgan fingerprint density at radius 1 is 1.54 bits per heavy atom. The van der Waals surface area contributed by atoms with E-state index in [4.69, 9.17) is 11.6 Å². The Bertz CT molecular complexity index is 350. The third-order valence-electron chi connectivity index (χ3n) is 1.67. The van der Waals surface area contributed by atoms with E-state index in [1.165, 1.54) is 7.11 Å². The van der Waals surface area contributed by atoms with Gasteiger partial charge in [-0.25, -0.2) is 4.79 Å². The second-order valence-electron chi connectivity index (χ2n) is 2.54. The summed E-state index contributed by atoms with van der Waals surface area (Å²) in [6, 6.07) is 3.71. The molecule has 0 N–H and O–H groups in total. The minimum Gasteiger partial charge on any atom is -0.465 e. The standard InChI is InChI=1S/C9H8ClIO2/c1-5-3-4-6(11)7(8(5)10)9(12)13-2/h3-4H,1-2H3. The predicted octanol–water partition coefficient (Wildman–Crippen LogP) is 3.04. The minimum atomic E-state index is -0.391. The van der Waals surface area contributed by atoms with E-state index >= 15 is 0 Å². The van der Waals surface area contributed by atoms with Crippen molar-refractivity contribution < 1.29 is 9.53 Å². The summed E-state index contributed by atoms with van der Waals surface area (Å²) in [6.45, 7) is 1.85. The van der Waals surface area contributed by atoms with E-state index < -0.39 is 5.97 Å². The molecule has 2 nitrogen and oxygen atoms in total.